The first-order valence-corrected chi connectivity index (χ1v) is 5.59. The molecule has 0 saturated heterocycles. The van der Waals surface area contributed by atoms with Crippen LogP contribution < -0.4 is 29.6 Å². The van der Waals surface area contributed by atoms with Gasteiger partial charge in [0.15, 0.2) is 12.4 Å². The van der Waals surface area contributed by atoms with Crippen molar-refractivity contribution in [2.75, 3.05) is 13.2 Å². The second kappa shape index (κ2) is 11.3. The third-order valence-corrected chi connectivity index (χ3v) is 1.88. The molecular weight excluding hydrogens is 295 g/mol. The number of amides is 2. The van der Waals surface area contributed by atoms with E-state index >= 15 is 0 Å². The van der Waals surface area contributed by atoms with Crippen LogP contribution in [0.25, 0.3) is 0 Å². The third-order valence-electron chi connectivity index (χ3n) is 1.66. The smallest absolute Gasteiger partial charge is 0.784 e. The fourth-order valence-electron chi connectivity index (χ4n) is 0.953. The zero-order chi connectivity index (χ0) is 14.8. The van der Waals surface area contributed by atoms with Crippen LogP contribution in [0.2, 0.25) is 0 Å². The quantitative estimate of drug-likeness (QED) is 0.261. The van der Waals surface area contributed by atoms with E-state index in [9.17, 15) is 9.59 Å². The molecule has 0 atom stereocenters. The van der Waals surface area contributed by atoms with Gasteiger partial charge < -0.3 is 22.1 Å². The van der Waals surface area contributed by atoms with Crippen molar-refractivity contribution < 1.29 is 48.6 Å². The van der Waals surface area contributed by atoms with Crippen molar-refractivity contribution in [3.05, 3.63) is 11.2 Å². The Hall–Kier alpha value is -1.52. The van der Waals surface area contributed by atoms with E-state index in [1.807, 2.05) is 0 Å². The molecule has 0 aliphatic rings. The molecule has 0 aromatic rings. The van der Waals surface area contributed by atoms with E-state index in [1.165, 1.54) is 26.2 Å². The van der Waals surface area contributed by atoms with Crippen LogP contribution in [-0.2, 0) is 22.1 Å². The maximum Gasteiger partial charge on any atom is 1.00 e. The molecule has 0 heterocycles. The predicted molar refractivity (Wildman–Crippen MR) is 64.4 cm³/mol. The largest absolute Gasteiger partial charge is 1.00 e. The third kappa shape index (κ3) is 5.63. The van der Waals surface area contributed by atoms with E-state index in [4.69, 9.17) is 10.5 Å². The normalized spacial score (nSPS) is 8.00. The van der Waals surface area contributed by atoms with Crippen LogP contribution in [0, 0.1) is 22.9 Å². The standard InChI is InChI=1S/C10H12N4O4S.Na/c1-3-17-9(15)13(6-11)8(5-19)14(7-12)10(16)18-4-2;/h5,19H,3-4H2,1-2H3;/q;+1/p-1. The monoisotopic (exact) mass is 306 g/mol. The van der Waals surface area contributed by atoms with Crippen molar-refractivity contribution in [1.82, 2.24) is 9.80 Å². The number of hydrogen-bond acceptors (Lipinski definition) is 7. The van der Waals surface area contributed by atoms with Gasteiger partial charge in [-0.1, -0.05) is 0 Å². The van der Waals surface area contributed by atoms with Crippen LogP contribution >= 0.6 is 0 Å². The van der Waals surface area contributed by atoms with Crippen LogP contribution in [0.3, 0.4) is 0 Å². The zero-order valence-corrected chi connectivity index (χ0v) is 14.1. The fraction of sp³-hybridized carbons (Fsp3) is 0.400. The van der Waals surface area contributed by atoms with Gasteiger partial charge in [0, 0.05) is 0 Å². The van der Waals surface area contributed by atoms with Gasteiger partial charge in [-0.2, -0.15) is 25.7 Å². The van der Waals surface area contributed by atoms with Gasteiger partial charge >= 0.3 is 41.7 Å². The molecule has 8 nitrogen and oxygen atoms in total. The maximum absolute atomic E-state index is 11.5. The molecule has 10 heteroatoms. The molecule has 0 rings (SSSR count). The summed E-state index contributed by atoms with van der Waals surface area (Å²) < 4.78 is 9.20. The van der Waals surface area contributed by atoms with E-state index in [1.54, 1.807) is 0 Å². The van der Waals surface area contributed by atoms with Crippen LogP contribution in [0.4, 0.5) is 9.59 Å². The van der Waals surface area contributed by atoms with Crippen LogP contribution in [-0.4, -0.2) is 35.2 Å². The molecule has 20 heavy (non-hydrogen) atoms. The minimum atomic E-state index is -1.05. The van der Waals surface area contributed by atoms with Crippen molar-refractivity contribution >= 4 is 24.8 Å². The minimum absolute atomic E-state index is 0. The molecule has 0 saturated carbocycles. The molecular formula is C10H11N4NaO4S. The van der Waals surface area contributed by atoms with Crippen molar-refractivity contribution in [3.63, 3.8) is 0 Å². The summed E-state index contributed by atoms with van der Waals surface area (Å²) in [5.41, 5.74) is 0. The average molecular weight is 306 g/mol. The number of hydrogen-bond donors (Lipinski definition) is 0. The number of nitriles is 2. The average Bonchev–Trinajstić information content (AvgIpc) is 2.39. The van der Waals surface area contributed by atoms with E-state index in [2.05, 4.69) is 22.1 Å². The fourth-order valence-corrected chi connectivity index (χ4v) is 1.16. The van der Waals surface area contributed by atoms with E-state index < -0.39 is 18.0 Å². The van der Waals surface area contributed by atoms with E-state index in [-0.39, 0.29) is 42.8 Å². The Labute approximate surface area is 144 Å². The van der Waals surface area contributed by atoms with Gasteiger partial charge in [0.1, 0.15) is 5.82 Å². The molecule has 0 aromatic heterocycles. The molecule has 0 bridgehead atoms. The molecule has 0 aliphatic carbocycles. The maximum atomic E-state index is 11.5. The Morgan fingerprint density at radius 2 is 1.45 bits per heavy atom. The first-order valence-electron chi connectivity index (χ1n) is 5.12. The topological polar surface area (TPSA) is 107 Å². The zero-order valence-electron chi connectivity index (χ0n) is 11.3. The van der Waals surface area contributed by atoms with Crippen molar-refractivity contribution in [1.29, 1.82) is 10.5 Å². The molecule has 2 amide bonds. The van der Waals surface area contributed by atoms with Gasteiger partial charge in [0.05, 0.1) is 13.2 Å². The molecule has 0 aliphatic heterocycles. The van der Waals surface area contributed by atoms with Gasteiger partial charge in [0.25, 0.3) is 0 Å². The minimum Gasteiger partial charge on any atom is -0.784 e. The molecule has 0 aromatic carbocycles. The predicted octanol–water partition coefficient (Wildman–Crippen LogP) is -1.78. The molecule has 0 N–H and O–H groups in total. The van der Waals surface area contributed by atoms with Gasteiger partial charge in [0.2, 0.25) is 0 Å². The summed E-state index contributed by atoms with van der Waals surface area (Å²) in [6, 6.07) is 0. The SMILES string of the molecule is CCOC(=O)N(C#N)C(=C[S-])N(C#N)C(=O)OCC.[Na+]. The number of ether oxygens (including phenoxy) is 2. The van der Waals surface area contributed by atoms with Gasteiger partial charge in [-0.15, -0.1) is 0 Å². The summed E-state index contributed by atoms with van der Waals surface area (Å²) in [5.74, 6) is -0.433. The number of nitrogens with zero attached hydrogens (tertiary/aromatic N) is 4. The summed E-state index contributed by atoms with van der Waals surface area (Å²) in [6.07, 6.45) is 0.845. The summed E-state index contributed by atoms with van der Waals surface area (Å²) >= 11 is 4.60. The molecule has 0 spiro atoms. The van der Waals surface area contributed by atoms with E-state index in [0.717, 1.165) is 5.41 Å². The first-order chi connectivity index (χ1) is 9.06. The van der Waals surface area contributed by atoms with Crippen molar-refractivity contribution in [2.24, 2.45) is 0 Å². The van der Waals surface area contributed by atoms with Gasteiger partial charge in [-0.05, 0) is 13.8 Å². The second-order valence-electron chi connectivity index (χ2n) is 2.74. The second-order valence-corrected chi connectivity index (χ2v) is 2.98. The van der Waals surface area contributed by atoms with Crippen molar-refractivity contribution in [2.45, 2.75) is 13.8 Å². The Balaban J connectivity index is 0. The number of carbonyl (C=O) groups is 2. The van der Waals surface area contributed by atoms with E-state index in [0.29, 0.717) is 9.80 Å². The summed E-state index contributed by atoms with van der Waals surface area (Å²) in [4.78, 5) is 23.7. The summed E-state index contributed by atoms with van der Waals surface area (Å²) in [5, 5.41) is 18.6. The Bertz CT molecular complexity index is 419. The number of carbonyl (C=O) groups excluding carboxylic acids is 2. The molecule has 0 unspecified atom stereocenters. The van der Waals surface area contributed by atoms with Crippen molar-refractivity contribution in [3.8, 4) is 12.4 Å². The van der Waals surface area contributed by atoms with Crippen LogP contribution in [0.15, 0.2) is 11.2 Å². The Morgan fingerprint density at radius 3 is 1.65 bits per heavy atom. The first kappa shape index (κ1) is 20.8. The molecule has 0 fully saturated rings. The van der Waals surface area contributed by atoms with Crippen LogP contribution in [0.1, 0.15) is 13.8 Å². The van der Waals surface area contributed by atoms with Crippen LogP contribution in [0.5, 0.6) is 0 Å². The molecule has 102 valence electrons. The van der Waals surface area contributed by atoms with Gasteiger partial charge in [-0.25, -0.2) is 9.59 Å². The summed E-state index contributed by atoms with van der Waals surface area (Å²) in [6.45, 7) is 3.12. The molecule has 0 radical (unpaired) electrons. The number of rotatable bonds is 4. The van der Waals surface area contributed by atoms with Gasteiger partial charge in [-0.3, -0.25) is 0 Å². The summed E-state index contributed by atoms with van der Waals surface area (Å²) in [7, 11) is 0. The Morgan fingerprint density at radius 1 is 1.10 bits per heavy atom. The Kier molecular flexibility index (Phi) is 11.8.